The van der Waals surface area contributed by atoms with Gasteiger partial charge < -0.3 is 0 Å². The van der Waals surface area contributed by atoms with E-state index in [-0.39, 0.29) is 0 Å². The van der Waals surface area contributed by atoms with Crippen molar-refractivity contribution in [1.82, 2.24) is 0 Å². The molecule has 0 rings (SSSR count). The molecule has 0 aromatic heterocycles. The minimum absolute atomic E-state index is 1.20. The summed E-state index contributed by atoms with van der Waals surface area (Å²) in [6, 6.07) is 0. The summed E-state index contributed by atoms with van der Waals surface area (Å²) in [4.78, 5) is 0. The molecule has 0 aromatic carbocycles. The summed E-state index contributed by atoms with van der Waals surface area (Å²) < 4.78 is 0. The number of rotatable bonds is 18. The van der Waals surface area contributed by atoms with Crippen LogP contribution in [0.4, 0.5) is 0 Å². The third kappa shape index (κ3) is 19.5. The number of hydrogen-bond donors (Lipinski definition) is 0. The lowest BCUT2D eigenvalue weighted by Gasteiger charge is -2.00. The van der Waals surface area contributed by atoms with Gasteiger partial charge in [0.15, 0.2) is 0 Å². The van der Waals surface area contributed by atoms with Gasteiger partial charge in [-0.1, -0.05) is 95.8 Å². The summed E-state index contributed by atoms with van der Waals surface area (Å²) >= 11 is 0. The SMILES string of the molecule is C=CCCCCCCCCCC=CCCCCCCCCC. The van der Waals surface area contributed by atoms with Gasteiger partial charge in [-0.2, -0.15) is 0 Å². The molecule has 0 amide bonds. The number of hydrogen-bond acceptors (Lipinski definition) is 0. The summed E-state index contributed by atoms with van der Waals surface area (Å²) in [7, 11) is 0. The predicted octanol–water partition coefficient (Wildman–Crippen LogP) is 8.38. The zero-order valence-electron chi connectivity index (χ0n) is 15.5. The molecule has 22 heavy (non-hydrogen) atoms. The predicted molar refractivity (Wildman–Crippen MR) is 104 cm³/mol. The Hall–Kier alpha value is -0.520. The largest absolute Gasteiger partial charge is 0.103 e. The van der Waals surface area contributed by atoms with Crippen LogP contribution in [-0.4, -0.2) is 0 Å². The minimum Gasteiger partial charge on any atom is -0.103 e. The maximum atomic E-state index is 3.77. The molecule has 0 aliphatic rings. The van der Waals surface area contributed by atoms with Crippen LogP contribution in [0, 0.1) is 0 Å². The van der Waals surface area contributed by atoms with Gasteiger partial charge in [0, 0.05) is 0 Å². The second-order valence-electron chi connectivity index (χ2n) is 6.72. The van der Waals surface area contributed by atoms with E-state index in [1.807, 2.05) is 6.08 Å². The summed E-state index contributed by atoms with van der Waals surface area (Å²) in [5.41, 5.74) is 0. The van der Waals surface area contributed by atoms with E-state index in [0.717, 1.165) is 0 Å². The van der Waals surface area contributed by atoms with Crippen molar-refractivity contribution in [3.8, 4) is 0 Å². The fourth-order valence-electron chi connectivity index (χ4n) is 2.89. The van der Waals surface area contributed by atoms with Crippen molar-refractivity contribution in [2.24, 2.45) is 0 Å². The molecule has 0 N–H and O–H groups in total. The van der Waals surface area contributed by atoms with Gasteiger partial charge in [-0.25, -0.2) is 0 Å². The lowest BCUT2D eigenvalue weighted by Crippen LogP contribution is -1.80. The average Bonchev–Trinajstić information content (AvgIpc) is 2.54. The molecule has 0 saturated heterocycles. The minimum atomic E-state index is 1.20. The maximum Gasteiger partial charge on any atom is -0.0351 e. The van der Waals surface area contributed by atoms with E-state index >= 15 is 0 Å². The molecule has 0 aliphatic carbocycles. The average molecular weight is 307 g/mol. The van der Waals surface area contributed by atoms with Crippen LogP contribution in [0.5, 0.6) is 0 Å². The third-order valence-corrected chi connectivity index (χ3v) is 4.42. The molecule has 130 valence electrons. The molecule has 0 fully saturated rings. The Balaban J connectivity index is 3.04. The van der Waals surface area contributed by atoms with Crippen LogP contribution in [-0.2, 0) is 0 Å². The highest BCUT2D eigenvalue weighted by atomic mass is 14.0. The van der Waals surface area contributed by atoms with Gasteiger partial charge in [0.1, 0.15) is 0 Å². The van der Waals surface area contributed by atoms with Crippen LogP contribution >= 0.6 is 0 Å². The van der Waals surface area contributed by atoms with Crippen LogP contribution in [0.1, 0.15) is 116 Å². The van der Waals surface area contributed by atoms with Crippen LogP contribution < -0.4 is 0 Å². The van der Waals surface area contributed by atoms with E-state index in [1.165, 1.54) is 109 Å². The quantitative estimate of drug-likeness (QED) is 0.176. The zero-order valence-corrected chi connectivity index (χ0v) is 15.5. The van der Waals surface area contributed by atoms with Crippen LogP contribution in [0.15, 0.2) is 24.8 Å². The highest BCUT2D eigenvalue weighted by Crippen LogP contribution is 2.11. The fourth-order valence-corrected chi connectivity index (χ4v) is 2.89. The lowest BCUT2D eigenvalue weighted by molar-refractivity contribution is 0.582. The molecule has 0 atom stereocenters. The van der Waals surface area contributed by atoms with Gasteiger partial charge in [-0.05, 0) is 38.5 Å². The van der Waals surface area contributed by atoms with E-state index in [1.54, 1.807) is 0 Å². The Morgan fingerprint density at radius 3 is 1.27 bits per heavy atom. The summed E-state index contributed by atoms with van der Waals surface area (Å²) in [6.07, 6.45) is 30.4. The summed E-state index contributed by atoms with van der Waals surface area (Å²) in [5, 5.41) is 0. The molecule has 0 unspecified atom stereocenters. The Bertz CT molecular complexity index is 226. The van der Waals surface area contributed by atoms with Gasteiger partial charge in [0.25, 0.3) is 0 Å². The van der Waals surface area contributed by atoms with E-state index < -0.39 is 0 Å². The van der Waals surface area contributed by atoms with E-state index in [4.69, 9.17) is 0 Å². The molecule has 0 heterocycles. The van der Waals surface area contributed by atoms with Crippen molar-refractivity contribution in [3.05, 3.63) is 24.8 Å². The van der Waals surface area contributed by atoms with Crippen molar-refractivity contribution < 1.29 is 0 Å². The van der Waals surface area contributed by atoms with Crippen molar-refractivity contribution in [2.75, 3.05) is 0 Å². The standard InChI is InChI=1S/C22H42/c1-3-5-7-9-11-13-15-17-19-21-22-20-18-16-14-12-10-8-6-4-2/h3,20,22H,1,4-19,21H2,2H3. The number of unbranched alkanes of at least 4 members (excludes halogenated alkanes) is 15. The summed E-state index contributed by atoms with van der Waals surface area (Å²) in [6.45, 7) is 6.06. The van der Waals surface area contributed by atoms with Gasteiger partial charge >= 0.3 is 0 Å². The molecule has 0 radical (unpaired) electrons. The first kappa shape index (κ1) is 21.5. The van der Waals surface area contributed by atoms with Gasteiger partial charge in [-0.3, -0.25) is 0 Å². The molecule has 0 saturated carbocycles. The molecule has 0 aliphatic heterocycles. The Morgan fingerprint density at radius 1 is 0.500 bits per heavy atom. The normalized spacial score (nSPS) is 11.3. The second kappa shape index (κ2) is 20.5. The Kier molecular flexibility index (Phi) is 20.0. The smallest absolute Gasteiger partial charge is 0.0351 e. The highest BCUT2D eigenvalue weighted by Gasteiger charge is 1.91. The molecule has 0 nitrogen and oxygen atoms in total. The van der Waals surface area contributed by atoms with Crippen LogP contribution in [0.25, 0.3) is 0 Å². The second-order valence-corrected chi connectivity index (χ2v) is 6.72. The topological polar surface area (TPSA) is 0 Å². The monoisotopic (exact) mass is 306 g/mol. The fraction of sp³-hybridized carbons (Fsp3) is 0.818. The third-order valence-electron chi connectivity index (χ3n) is 4.42. The van der Waals surface area contributed by atoms with Crippen molar-refractivity contribution in [2.45, 2.75) is 116 Å². The van der Waals surface area contributed by atoms with E-state index in [2.05, 4.69) is 25.7 Å². The summed E-state index contributed by atoms with van der Waals surface area (Å²) in [5.74, 6) is 0. The maximum absolute atomic E-state index is 3.77. The molecule has 0 spiro atoms. The van der Waals surface area contributed by atoms with Gasteiger partial charge in [-0.15, -0.1) is 6.58 Å². The molecular weight excluding hydrogens is 264 g/mol. The van der Waals surface area contributed by atoms with E-state index in [0.29, 0.717) is 0 Å². The van der Waals surface area contributed by atoms with Gasteiger partial charge in [0.05, 0.1) is 0 Å². The molecular formula is C22H42. The molecule has 0 bridgehead atoms. The first-order valence-electron chi connectivity index (χ1n) is 10.2. The number of allylic oxidation sites excluding steroid dienone is 3. The van der Waals surface area contributed by atoms with Crippen LogP contribution in [0.3, 0.4) is 0 Å². The Labute approximate surface area is 141 Å². The molecule has 0 heteroatoms. The van der Waals surface area contributed by atoms with Crippen molar-refractivity contribution in [1.29, 1.82) is 0 Å². The van der Waals surface area contributed by atoms with Crippen molar-refractivity contribution >= 4 is 0 Å². The van der Waals surface area contributed by atoms with Crippen molar-refractivity contribution in [3.63, 3.8) is 0 Å². The highest BCUT2D eigenvalue weighted by molar-refractivity contribution is 4.81. The lowest BCUT2D eigenvalue weighted by atomic mass is 10.1. The zero-order chi connectivity index (χ0) is 16.1. The van der Waals surface area contributed by atoms with Crippen LogP contribution in [0.2, 0.25) is 0 Å². The van der Waals surface area contributed by atoms with E-state index in [9.17, 15) is 0 Å². The van der Waals surface area contributed by atoms with Gasteiger partial charge in [0.2, 0.25) is 0 Å². The molecule has 0 aromatic rings. The first-order chi connectivity index (χ1) is 10.9. The first-order valence-corrected chi connectivity index (χ1v) is 10.2. The Morgan fingerprint density at radius 2 is 0.864 bits per heavy atom.